The first kappa shape index (κ1) is 16.3. The maximum atomic E-state index is 14.0. The van der Waals surface area contributed by atoms with E-state index in [-0.39, 0.29) is 17.2 Å². The summed E-state index contributed by atoms with van der Waals surface area (Å²) in [6, 6.07) is 7.30. The van der Waals surface area contributed by atoms with Crippen LogP contribution in [0.4, 0.5) is 10.2 Å². The number of nitrogens with zero attached hydrogens (tertiary/aromatic N) is 2. The number of pyridine rings is 2. The van der Waals surface area contributed by atoms with Gasteiger partial charge in [-0.3, -0.25) is 9.59 Å². The third-order valence-electron chi connectivity index (χ3n) is 4.72. The van der Waals surface area contributed by atoms with Crippen LogP contribution in [0.2, 0.25) is 0 Å². The van der Waals surface area contributed by atoms with Crippen molar-refractivity contribution in [3.63, 3.8) is 0 Å². The molecule has 1 aliphatic heterocycles. The number of aryl methyl sites for hydroxylation is 1. The molecule has 0 spiro atoms. The molecule has 0 saturated heterocycles. The minimum atomic E-state index is -0.777. The average molecular weight is 353 g/mol. The Bertz CT molecular complexity index is 1090. The number of hydrogen-bond acceptors (Lipinski definition) is 4. The van der Waals surface area contributed by atoms with E-state index < -0.39 is 28.6 Å². The molecule has 3 aromatic rings. The Balaban J connectivity index is 1.96. The van der Waals surface area contributed by atoms with E-state index in [4.69, 9.17) is 0 Å². The number of aromatic hydroxyl groups is 1. The molecule has 7 heteroatoms. The van der Waals surface area contributed by atoms with E-state index >= 15 is 0 Å². The molecule has 2 aromatic heterocycles. The Labute approximate surface area is 147 Å². The molecule has 1 aliphatic rings. The molecule has 0 radical (unpaired) electrons. The fourth-order valence-electron chi connectivity index (χ4n) is 3.50. The predicted octanol–water partition coefficient (Wildman–Crippen LogP) is 3.00. The molecule has 1 atom stereocenters. The van der Waals surface area contributed by atoms with Crippen LogP contribution in [0.3, 0.4) is 0 Å². The van der Waals surface area contributed by atoms with Gasteiger partial charge in [0, 0.05) is 17.6 Å². The van der Waals surface area contributed by atoms with Crippen molar-refractivity contribution in [3.8, 4) is 5.75 Å². The van der Waals surface area contributed by atoms with E-state index in [1.807, 2.05) is 6.92 Å². The van der Waals surface area contributed by atoms with Gasteiger partial charge in [-0.1, -0.05) is 6.07 Å². The van der Waals surface area contributed by atoms with Crippen molar-refractivity contribution in [3.05, 3.63) is 63.8 Å². The van der Waals surface area contributed by atoms with Crippen LogP contribution in [-0.2, 0) is 6.42 Å². The summed E-state index contributed by atoms with van der Waals surface area (Å²) in [5, 5.41) is 13.3. The van der Waals surface area contributed by atoms with Gasteiger partial charge in [-0.05, 0) is 49.6 Å². The highest BCUT2D eigenvalue weighted by atomic mass is 19.1. The molecule has 6 nitrogen and oxygen atoms in total. The van der Waals surface area contributed by atoms with Gasteiger partial charge in [-0.25, -0.2) is 9.37 Å². The average Bonchev–Trinajstić information content (AvgIpc) is 2.61. The van der Waals surface area contributed by atoms with E-state index in [0.717, 1.165) is 6.07 Å². The third kappa shape index (κ3) is 2.44. The van der Waals surface area contributed by atoms with Gasteiger partial charge in [0.15, 0.2) is 0 Å². The van der Waals surface area contributed by atoms with Gasteiger partial charge >= 0.3 is 0 Å². The SMILES string of the molecule is CC1CCc2cc(F)cc3c(O)c(C(=O)Nc4ccccn4)c(=O)n1c23. The molecule has 132 valence electrons. The van der Waals surface area contributed by atoms with Gasteiger partial charge in [0.25, 0.3) is 11.5 Å². The van der Waals surface area contributed by atoms with E-state index in [1.54, 1.807) is 18.2 Å². The number of hydrogen-bond donors (Lipinski definition) is 2. The Morgan fingerprint density at radius 1 is 1.38 bits per heavy atom. The summed E-state index contributed by atoms with van der Waals surface area (Å²) < 4.78 is 15.5. The van der Waals surface area contributed by atoms with Crippen LogP contribution in [0.25, 0.3) is 10.9 Å². The van der Waals surface area contributed by atoms with E-state index in [1.165, 1.54) is 16.8 Å². The van der Waals surface area contributed by atoms with Crippen LogP contribution in [0.5, 0.6) is 5.75 Å². The van der Waals surface area contributed by atoms with Crippen molar-refractivity contribution in [2.45, 2.75) is 25.8 Å². The summed E-state index contributed by atoms with van der Waals surface area (Å²) in [6.45, 7) is 1.87. The first-order valence-electron chi connectivity index (χ1n) is 8.29. The van der Waals surface area contributed by atoms with Crippen molar-refractivity contribution in [2.75, 3.05) is 5.32 Å². The number of amides is 1. The molecular weight excluding hydrogens is 337 g/mol. The van der Waals surface area contributed by atoms with Crippen LogP contribution in [0.1, 0.15) is 35.3 Å². The fraction of sp³-hybridized carbons (Fsp3) is 0.211. The van der Waals surface area contributed by atoms with Crippen molar-refractivity contribution < 1.29 is 14.3 Å². The second-order valence-electron chi connectivity index (χ2n) is 6.42. The largest absolute Gasteiger partial charge is 0.506 e. The van der Waals surface area contributed by atoms with Crippen LogP contribution in [0, 0.1) is 5.82 Å². The number of benzene rings is 1. The summed E-state index contributed by atoms with van der Waals surface area (Å²) in [4.78, 5) is 29.6. The lowest BCUT2D eigenvalue weighted by atomic mass is 9.95. The fourth-order valence-corrected chi connectivity index (χ4v) is 3.50. The lowest BCUT2D eigenvalue weighted by Gasteiger charge is -2.26. The summed E-state index contributed by atoms with van der Waals surface area (Å²) in [7, 11) is 0. The smallest absolute Gasteiger partial charge is 0.267 e. The molecule has 0 saturated carbocycles. The van der Waals surface area contributed by atoms with Crippen LogP contribution >= 0.6 is 0 Å². The van der Waals surface area contributed by atoms with Gasteiger partial charge in [0.05, 0.1) is 5.52 Å². The summed E-state index contributed by atoms with van der Waals surface area (Å²) >= 11 is 0. The van der Waals surface area contributed by atoms with E-state index in [2.05, 4.69) is 10.3 Å². The molecule has 3 heterocycles. The normalized spacial score (nSPS) is 15.8. The Morgan fingerprint density at radius 3 is 2.92 bits per heavy atom. The van der Waals surface area contributed by atoms with Crippen LogP contribution in [-0.4, -0.2) is 20.6 Å². The van der Waals surface area contributed by atoms with E-state index in [9.17, 15) is 19.1 Å². The molecule has 0 fully saturated rings. The Hall–Kier alpha value is -3.22. The monoisotopic (exact) mass is 353 g/mol. The Kier molecular flexibility index (Phi) is 3.72. The minimum absolute atomic E-state index is 0.162. The first-order valence-corrected chi connectivity index (χ1v) is 8.29. The van der Waals surface area contributed by atoms with Crippen LogP contribution < -0.4 is 10.9 Å². The van der Waals surface area contributed by atoms with Gasteiger partial charge in [-0.15, -0.1) is 0 Å². The van der Waals surface area contributed by atoms with Crippen molar-refractivity contribution in [1.82, 2.24) is 9.55 Å². The summed E-state index contributed by atoms with van der Waals surface area (Å²) in [6.07, 6.45) is 2.75. The number of rotatable bonds is 2. The highest BCUT2D eigenvalue weighted by Crippen LogP contribution is 2.35. The quantitative estimate of drug-likeness (QED) is 0.742. The molecular formula is C19H16FN3O3. The second-order valence-corrected chi connectivity index (χ2v) is 6.42. The Morgan fingerprint density at radius 2 is 2.19 bits per heavy atom. The van der Waals surface area contributed by atoms with Gasteiger partial charge in [0.2, 0.25) is 0 Å². The van der Waals surface area contributed by atoms with Crippen LogP contribution in [0.15, 0.2) is 41.3 Å². The van der Waals surface area contributed by atoms with Gasteiger partial charge in [0.1, 0.15) is 22.9 Å². The van der Waals surface area contributed by atoms with E-state index in [0.29, 0.717) is 23.9 Å². The zero-order valence-electron chi connectivity index (χ0n) is 14.0. The first-order chi connectivity index (χ1) is 12.5. The highest BCUT2D eigenvalue weighted by molar-refractivity contribution is 6.09. The minimum Gasteiger partial charge on any atom is -0.506 e. The molecule has 26 heavy (non-hydrogen) atoms. The van der Waals surface area contributed by atoms with Crippen molar-refractivity contribution >= 4 is 22.6 Å². The van der Waals surface area contributed by atoms with Gasteiger partial charge in [-0.2, -0.15) is 0 Å². The molecule has 2 N–H and O–H groups in total. The zero-order valence-corrected chi connectivity index (χ0v) is 14.0. The predicted molar refractivity (Wildman–Crippen MR) is 95.1 cm³/mol. The zero-order chi connectivity index (χ0) is 18.4. The number of halogens is 1. The molecule has 1 unspecified atom stereocenters. The maximum absolute atomic E-state index is 14.0. The standard InChI is InChI=1S/C19H16FN3O3/c1-10-5-6-11-8-12(20)9-13-16(11)23(10)19(26)15(17(13)24)18(25)22-14-4-2-3-7-21-14/h2-4,7-10,24H,5-6H2,1H3,(H,21,22,25). The highest BCUT2D eigenvalue weighted by Gasteiger charge is 2.28. The molecule has 1 aromatic carbocycles. The molecule has 0 aliphatic carbocycles. The number of aromatic nitrogens is 2. The lowest BCUT2D eigenvalue weighted by molar-refractivity contribution is 0.102. The topological polar surface area (TPSA) is 84.2 Å². The molecule has 0 bridgehead atoms. The number of nitrogens with one attached hydrogen (secondary N) is 1. The maximum Gasteiger partial charge on any atom is 0.267 e. The molecule has 1 amide bonds. The number of carbonyl (C=O) groups excluding carboxylic acids is 1. The number of carbonyl (C=O) groups is 1. The summed E-state index contributed by atoms with van der Waals surface area (Å²) in [5.74, 6) is -1.55. The second kappa shape index (κ2) is 5.94. The van der Waals surface area contributed by atoms with Crippen molar-refractivity contribution in [2.24, 2.45) is 0 Å². The number of anilines is 1. The summed E-state index contributed by atoms with van der Waals surface area (Å²) in [5.41, 5.74) is 0.140. The molecule has 4 rings (SSSR count). The lowest BCUT2D eigenvalue weighted by Crippen LogP contribution is -2.33. The third-order valence-corrected chi connectivity index (χ3v) is 4.72. The van der Waals surface area contributed by atoms with Gasteiger partial charge < -0.3 is 15.0 Å². The van der Waals surface area contributed by atoms with Crippen molar-refractivity contribution in [1.29, 1.82) is 0 Å².